The van der Waals surface area contributed by atoms with Crippen LogP contribution in [-0.2, 0) is 23.8 Å². The SMILES string of the molecule is COCCOC[C@H](CC1(C(=O)NC2CCC(OC(=O)O)CC2)CCCC1)C(=O)O. The molecule has 2 rings (SSSR count). The highest BCUT2D eigenvalue weighted by atomic mass is 16.7. The molecular weight excluding hydrogens is 382 g/mol. The van der Waals surface area contributed by atoms with Crippen molar-refractivity contribution in [2.24, 2.45) is 11.3 Å². The van der Waals surface area contributed by atoms with Crippen LogP contribution in [-0.4, -0.2) is 67.3 Å². The van der Waals surface area contributed by atoms with Crippen molar-refractivity contribution in [2.75, 3.05) is 26.9 Å². The van der Waals surface area contributed by atoms with E-state index in [1.807, 2.05) is 0 Å². The standard InChI is InChI=1S/C20H33NO8/c1-27-10-11-28-13-14(17(22)23)12-20(8-2-3-9-20)18(24)21-15-4-6-16(7-5-15)29-19(25)26/h14-16H,2-13H2,1H3,(H,21,24)(H,22,23)(H,25,26)/t14-,15?,16?/m0/s1. The minimum atomic E-state index is -1.27. The third-order valence-corrected chi connectivity index (χ3v) is 6.06. The Kier molecular flexibility index (Phi) is 9.16. The first-order valence-electron chi connectivity index (χ1n) is 10.4. The highest BCUT2D eigenvalue weighted by Gasteiger charge is 2.45. The van der Waals surface area contributed by atoms with Gasteiger partial charge in [-0.15, -0.1) is 0 Å². The van der Waals surface area contributed by atoms with E-state index in [0.29, 0.717) is 51.7 Å². The largest absolute Gasteiger partial charge is 0.506 e. The van der Waals surface area contributed by atoms with E-state index in [0.717, 1.165) is 12.8 Å². The Morgan fingerprint density at radius 2 is 1.72 bits per heavy atom. The summed E-state index contributed by atoms with van der Waals surface area (Å²) >= 11 is 0. The molecule has 0 aromatic carbocycles. The molecule has 3 N–H and O–H groups in total. The second-order valence-electron chi connectivity index (χ2n) is 8.13. The van der Waals surface area contributed by atoms with Crippen molar-refractivity contribution in [3.05, 3.63) is 0 Å². The lowest BCUT2D eigenvalue weighted by molar-refractivity contribution is -0.147. The number of methoxy groups -OCH3 is 1. The molecule has 0 aromatic rings. The summed E-state index contributed by atoms with van der Waals surface area (Å²) in [4.78, 5) is 35.5. The second kappa shape index (κ2) is 11.3. The van der Waals surface area contributed by atoms with Crippen LogP contribution < -0.4 is 5.32 Å². The van der Waals surface area contributed by atoms with Crippen LogP contribution in [0, 0.1) is 11.3 Å². The van der Waals surface area contributed by atoms with Crippen LogP contribution in [0.3, 0.4) is 0 Å². The summed E-state index contributed by atoms with van der Waals surface area (Å²) in [6, 6.07) is -0.0325. The molecule has 166 valence electrons. The molecule has 0 heterocycles. The van der Waals surface area contributed by atoms with Gasteiger partial charge in [0.1, 0.15) is 6.10 Å². The predicted molar refractivity (Wildman–Crippen MR) is 103 cm³/mol. The minimum Gasteiger partial charge on any atom is -0.481 e. The number of amides is 1. The van der Waals surface area contributed by atoms with Crippen molar-refractivity contribution in [1.29, 1.82) is 0 Å². The first-order valence-corrected chi connectivity index (χ1v) is 10.4. The molecule has 2 aliphatic rings. The van der Waals surface area contributed by atoms with Crippen LogP contribution in [0.4, 0.5) is 4.79 Å². The Morgan fingerprint density at radius 3 is 2.28 bits per heavy atom. The van der Waals surface area contributed by atoms with Crippen molar-refractivity contribution in [3.8, 4) is 0 Å². The molecule has 0 spiro atoms. The summed E-state index contributed by atoms with van der Waals surface area (Å²) in [6.45, 7) is 0.777. The fourth-order valence-electron chi connectivity index (χ4n) is 4.44. The first-order chi connectivity index (χ1) is 13.9. The number of nitrogens with one attached hydrogen (secondary N) is 1. The highest BCUT2D eigenvalue weighted by molar-refractivity contribution is 5.84. The van der Waals surface area contributed by atoms with Gasteiger partial charge in [0, 0.05) is 13.2 Å². The van der Waals surface area contributed by atoms with Crippen molar-refractivity contribution < 1.29 is 38.8 Å². The van der Waals surface area contributed by atoms with Crippen molar-refractivity contribution in [1.82, 2.24) is 5.32 Å². The van der Waals surface area contributed by atoms with Crippen LogP contribution in [0.1, 0.15) is 57.8 Å². The smallest absolute Gasteiger partial charge is 0.481 e. The van der Waals surface area contributed by atoms with Crippen LogP contribution >= 0.6 is 0 Å². The molecule has 0 aliphatic heterocycles. The minimum absolute atomic E-state index is 0.0325. The number of carboxylic acid groups (broad SMARTS) is 2. The van der Waals surface area contributed by atoms with E-state index in [4.69, 9.17) is 19.3 Å². The molecule has 2 fully saturated rings. The van der Waals surface area contributed by atoms with E-state index < -0.39 is 23.5 Å². The normalized spacial score (nSPS) is 24.6. The second-order valence-corrected chi connectivity index (χ2v) is 8.13. The van der Waals surface area contributed by atoms with Gasteiger partial charge in [-0.3, -0.25) is 9.59 Å². The lowest BCUT2D eigenvalue weighted by Crippen LogP contribution is -2.47. The van der Waals surface area contributed by atoms with Gasteiger partial charge < -0.3 is 29.7 Å². The molecule has 9 nitrogen and oxygen atoms in total. The number of carbonyl (C=O) groups excluding carboxylic acids is 1. The maximum Gasteiger partial charge on any atom is 0.506 e. The molecular formula is C20H33NO8. The molecule has 9 heteroatoms. The zero-order chi connectivity index (χ0) is 21.3. The number of aliphatic carboxylic acids is 1. The molecule has 2 saturated carbocycles. The lowest BCUT2D eigenvalue weighted by Gasteiger charge is -2.34. The maximum atomic E-state index is 13.1. The van der Waals surface area contributed by atoms with Gasteiger partial charge in [-0.2, -0.15) is 0 Å². The van der Waals surface area contributed by atoms with Gasteiger partial charge in [-0.1, -0.05) is 12.8 Å². The summed E-state index contributed by atoms with van der Waals surface area (Å²) in [7, 11) is 1.55. The van der Waals surface area contributed by atoms with Crippen LogP contribution in [0.25, 0.3) is 0 Å². The molecule has 2 aliphatic carbocycles. The van der Waals surface area contributed by atoms with E-state index in [9.17, 15) is 19.5 Å². The van der Waals surface area contributed by atoms with Gasteiger partial charge in [0.2, 0.25) is 5.91 Å². The monoisotopic (exact) mass is 415 g/mol. The zero-order valence-corrected chi connectivity index (χ0v) is 17.1. The number of carboxylic acids is 1. The Bertz CT molecular complexity index is 553. The first kappa shape index (κ1) is 23.4. The summed E-state index contributed by atoms with van der Waals surface area (Å²) in [5, 5.41) is 21.4. The molecule has 1 amide bonds. The van der Waals surface area contributed by atoms with Gasteiger partial charge in [0.05, 0.1) is 31.2 Å². The third-order valence-electron chi connectivity index (χ3n) is 6.06. The van der Waals surface area contributed by atoms with Crippen LogP contribution in [0.15, 0.2) is 0 Å². The number of hydrogen-bond acceptors (Lipinski definition) is 6. The zero-order valence-electron chi connectivity index (χ0n) is 17.1. The van der Waals surface area contributed by atoms with Gasteiger partial charge >= 0.3 is 12.1 Å². The highest BCUT2D eigenvalue weighted by Crippen LogP contribution is 2.44. The maximum absolute atomic E-state index is 13.1. The van der Waals surface area contributed by atoms with E-state index in [2.05, 4.69) is 5.32 Å². The van der Waals surface area contributed by atoms with Crippen LogP contribution in [0.5, 0.6) is 0 Å². The fraction of sp³-hybridized carbons (Fsp3) is 0.850. The van der Waals surface area contributed by atoms with Crippen LogP contribution in [0.2, 0.25) is 0 Å². The predicted octanol–water partition coefficient (Wildman–Crippen LogP) is 2.42. The Balaban J connectivity index is 1.91. The summed E-state index contributed by atoms with van der Waals surface area (Å²) in [5.41, 5.74) is -0.678. The van der Waals surface area contributed by atoms with E-state index in [1.165, 1.54) is 0 Å². The third kappa shape index (κ3) is 7.15. The molecule has 0 radical (unpaired) electrons. The van der Waals surface area contributed by atoms with Crippen molar-refractivity contribution in [2.45, 2.75) is 69.9 Å². The molecule has 29 heavy (non-hydrogen) atoms. The molecule has 0 bridgehead atoms. The number of hydrogen-bond donors (Lipinski definition) is 3. The van der Waals surface area contributed by atoms with Gasteiger partial charge in [0.25, 0.3) is 0 Å². The number of ether oxygens (including phenoxy) is 3. The molecule has 0 saturated heterocycles. The van der Waals surface area contributed by atoms with Gasteiger partial charge in [-0.25, -0.2) is 4.79 Å². The number of rotatable bonds is 11. The molecule has 1 atom stereocenters. The van der Waals surface area contributed by atoms with Gasteiger partial charge in [0.15, 0.2) is 0 Å². The molecule has 0 aromatic heterocycles. The Labute approximate surface area is 171 Å². The summed E-state index contributed by atoms with van der Waals surface area (Å²) in [5.74, 6) is -1.77. The van der Waals surface area contributed by atoms with E-state index in [-0.39, 0.29) is 31.1 Å². The summed E-state index contributed by atoms with van der Waals surface area (Å²) < 4.78 is 15.2. The number of carbonyl (C=O) groups is 3. The quantitative estimate of drug-likeness (QED) is 0.346. The Morgan fingerprint density at radius 1 is 1.07 bits per heavy atom. The fourth-order valence-corrected chi connectivity index (χ4v) is 4.44. The average Bonchev–Trinajstić information content (AvgIpc) is 3.15. The lowest BCUT2D eigenvalue weighted by atomic mass is 9.76. The van der Waals surface area contributed by atoms with E-state index >= 15 is 0 Å². The molecule has 0 unspecified atom stereocenters. The topological polar surface area (TPSA) is 131 Å². The van der Waals surface area contributed by atoms with E-state index in [1.54, 1.807) is 7.11 Å². The summed E-state index contributed by atoms with van der Waals surface area (Å²) in [6.07, 6.45) is 4.31. The van der Waals surface area contributed by atoms with Crippen molar-refractivity contribution in [3.63, 3.8) is 0 Å². The van der Waals surface area contributed by atoms with Crippen molar-refractivity contribution >= 4 is 18.0 Å². The average molecular weight is 415 g/mol. The van der Waals surface area contributed by atoms with Gasteiger partial charge in [-0.05, 0) is 44.9 Å². The Hall–Kier alpha value is -1.87.